The highest BCUT2D eigenvalue weighted by molar-refractivity contribution is 5.94. The number of ether oxygens (including phenoxy) is 1. The van der Waals surface area contributed by atoms with Gasteiger partial charge >= 0.3 is 0 Å². The normalized spacial score (nSPS) is 13.0. The van der Waals surface area contributed by atoms with E-state index in [4.69, 9.17) is 4.74 Å². The van der Waals surface area contributed by atoms with Gasteiger partial charge in [-0.15, -0.1) is 0 Å². The molecule has 0 atom stereocenters. The molecule has 0 unspecified atom stereocenters. The number of para-hydroxylation sites is 1. The van der Waals surface area contributed by atoms with E-state index in [1.54, 1.807) is 24.7 Å². The zero-order valence-corrected chi connectivity index (χ0v) is 16.8. The number of nitrogens with one attached hydrogen (secondary N) is 2. The Morgan fingerprint density at radius 1 is 1.13 bits per heavy atom. The smallest absolute Gasteiger partial charge is 0.251 e. The van der Waals surface area contributed by atoms with Crippen LogP contribution in [-0.2, 0) is 11.3 Å². The average Bonchev–Trinajstić information content (AvgIpc) is 3.53. The van der Waals surface area contributed by atoms with Gasteiger partial charge < -0.3 is 19.9 Å². The molecule has 2 N–H and O–H groups in total. The zero-order valence-electron chi connectivity index (χ0n) is 16.8. The van der Waals surface area contributed by atoms with Crippen LogP contribution in [-0.4, -0.2) is 28.0 Å². The van der Waals surface area contributed by atoms with Crippen molar-refractivity contribution in [1.82, 2.24) is 14.9 Å². The molecule has 1 aliphatic carbocycles. The molecule has 30 heavy (non-hydrogen) atoms. The molecule has 0 spiro atoms. The molecule has 2 amide bonds. The van der Waals surface area contributed by atoms with Crippen LogP contribution < -0.4 is 15.4 Å². The third-order valence-corrected chi connectivity index (χ3v) is 4.92. The van der Waals surface area contributed by atoms with Gasteiger partial charge in [0.25, 0.3) is 5.91 Å². The van der Waals surface area contributed by atoms with E-state index < -0.39 is 0 Å². The van der Waals surface area contributed by atoms with E-state index in [1.165, 1.54) is 0 Å². The number of hydrogen-bond acceptors (Lipinski definition) is 4. The Kier molecular flexibility index (Phi) is 5.79. The third kappa shape index (κ3) is 4.68. The van der Waals surface area contributed by atoms with E-state index in [0.29, 0.717) is 24.5 Å². The van der Waals surface area contributed by atoms with Crippen molar-refractivity contribution in [2.45, 2.75) is 26.3 Å². The SMILES string of the molecule is CCOc1ccccc1CNC(=O)c1ccc(-n2cnc(NC(=O)C3CC3)c2)cc1. The summed E-state index contributed by atoms with van der Waals surface area (Å²) in [5.74, 6) is 1.31. The first-order valence-corrected chi connectivity index (χ1v) is 10.1. The first-order chi connectivity index (χ1) is 14.6. The van der Waals surface area contributed by atoms with E-state index in [2.05, 4.69) is 15.6 Å². The molecule has 1 saturated carbocycles. The van der Waals surface area contributed by atoms with Gasteiger partial charge in [0.1, 0.15) is 12.1 Å². The van der Waals surface area contributed by atoms with E-state index >= 15 is 0 Å². The second-order valence-electron chi connectivity index (χ2n) is 7.20. The van der Waals surface area contributed by atoms with Crippen LogP contribution in [0.25, 0.3) is 5.69 Å². The van der Waals surface area contributed by atoms with Crippen molar-refractivity contribution in [3.8, 4) is 11.4 Å². The van der Waals surface area contributed by atoms with Crippen molar-refractivity contribution < 1.29 is 14.3 Å². The Balaban J connectivity index is 1.37. The molecule has 2 aromatic carbocycles. The monoisotopic (exact) mass is 404 g/mol. The van der Waals surface area contributed by atoms with Crippen LogP contribution in [0.1, 0.15) is 35.7 Å². The molecule has 7 nitrogen and oxygen atoms in total. The van der Waals surface area contributed by atoms with Gasteiger partial charge in [-0.25, -0.2) is 4.98 Å². The maximum absolute atomic E-state index is 12.5. The second-order valence-corrected chi connectivity index (χ2v) is 7.20. The van der Waals surface area contributed by atoms with Gasteiger partial charge in [0.2, 0.25) is 5.91 Å². The molecule has 7 heteroatoms. The molecule has 1 aromatic heterocycles. The Morgan fingerprint density at radius 3 is 2.63 bits per heavy atom. The largest absolute Gasteiger partial charge is 0.494 e. The van der Waals surface area contributed by atoms with Crippen molar-refractivity contribution in [2.24, 2.45) is 5.92 Å². The summed E-state index contributed by atoms with van der Waals surface area (Å²) in [6.45, 7) is 2.90. The topological polar surface area (TPSA) is 85.2 Å². The van der Waals surface area contributed by atoms with Gasteiger partial charge in [-0.1, -0.05) is 18.2 Å². The number of carbonyl (C=O) groups excluding carboxylic acids is 2. The highest BCUT2D eigenvalue weighted by Crippen LogP contribution is 2.30. The van der Waals surface area contributed by atoms with Crippen molar-refractivity contribution in [3.05, 3.63) is 72.2 Å². The number of anilines is 1. The number of imidazole rings is 1. The number of rotatable bonds is 8. The molecule has 1 heterocycles. The van der Waals surface area contributed by atoms with Crippen LogP contribution in [0.5, 0.6) is 5.75 Å². The minimum absolute atomic E-state index is 0.0261. The summed E-state index contributed by atoms with van der Waals surface area (Å²) in [4.78, 5) is 28.6. The van der Waals surface area contributed by atoms with Crippen LogP contribution in [0, 0.1) is 5.92 Å². The Bertz CT molecular complexity index is 1040. The summed E-state index contributed by atoms with van der Waals surface area (Å²) in [6, 6.07) is 14.9. The van der Waals surface area contributed by atoms with Gasteiger partial charge in [0, 0.05) is 29.3 Å². The summed E-state index contributed by atoms with van der Waals surface area (Å²) in [5, 5.41) is 5.75. The van der Waals surface area contributed by atoms with Crippen LogP contribution in [0.2, 0.25) is 0 Å². The standard InChI is InChI=1S/C23H24N4O3/c1-2-30-20-6-4-3-5-18(20)13-24-22(28)16-9-11-19(12-10-16)27-14-21(25-15-27)26-23(29)17-7-8-17/h3-6,9-12,14-15,17H,2,7-8,13H2,1H3,(H,24,28)(H,26,29). The number of hydrogen-bond donors (Lipinski definition) is 2. The zero-order chi connectivity index (χ0) is 20.9. The Morgan fingerprint density at radius 2 is 1.90 bits per heavy atom. The minimum atomic E-state index is -0.157. The fraction of sp³-hybridized carbons (Fsp3) is 0.261. The predicted octanol–water partition coefficient (Wildman–Crippen LogP) is 3.55. The summed E-state index contributed by atoms with van der Waals surface area (Å²) >= 11 is 0. The first kappa shape index (κ1) is 19.7. The molecule has 0 saturated heterocycles. The Labute approximate surface area is 175 Å². The number of amides is 2. The van der Waals surface area contributed by atoms with Crippen LogP contribution in [0.3, 0.4) is 0 Å². The summed E-state index contributed by atoms with van der Waals surface area (Å²) in [5.41, 5.74) is 2.35. The van der Waals surface area contributed by atoms with Crippen LogP contribution >= 0.6 is 0 Å². The quantitative estimate of drug-likeness (QED) is 0.601. The number of carbonyl (C=O) groups is 2. The lowest BCUT2D eigenvalue weighted by atomic mass is 10.1. The summed E-state index contributed by atoms with van der Waals surface area (Å²) in [6.07, 6.45) is 5.31. The van der Waals surface area contributed by atoms with Gasteiger partial charge in [-0.2, -0.15) is 0 Å². The molecule has 4 rings (SSSR count). The molecule has 154 valence electrons. The molecule has 3 aromatic rings. The molecule has 0 aliphatic heterocycles. The van der Waals surface area contributed by atoms with Gasteiger partial charge in [0.05, 0.1) is 12.8 Å². The van der Waals surface area contributed by atoms with Gasteiger partial charge in [0.15, 0.2) is 5.82 Å². The Hall–Kier alpha value is -3.61. The minimum Gasteiger partial charge on any atom is -0.494 e. The molecular formula is C23H24N4O3. The molecule has 1 fully saturated rings. The first-order valence-electron chi connectivity index (χ1n) is 10.1. The summed E-state index contributed by atoms with van der Waals surface area (Å²) < 4.78 is 7.40. The van der Waals surface area contributed by atoms with Crippen molar-refractivity contribution in [3.63, 3.8) is 0 Å². The highest BCUT2D eigenvalue weighted by Gasteiger charge is 2.29. The van der Waals surface area contributed by atoms with Crippen LogP contribution in [0.4, 0.5) is 5.82 Å². The second kappa shape index (κ2) is 8.82. The maximum Gasteiger partial charge on any atom is 0.251 e. The van der Waals surface area contributed by atoms with Crippen LogP contribution in [0.15, 0.2) is 61.1 Å². The molecule has 0 radical (unpaired) electrons. The molecular weight excluding hydrogens is 380 g/mol. The molecule has 0 bridgehead atoms. The highest BCUT2D eigenvalue weighted by atomic mass is 16.5. The lowest BCUT2D eigenvalue weighted by Crippen LogP contribution is -2.23. The molecule has 1 aliphatic rings. The van der Waals surface area contributed by atoms with Crippen molar-refractivity contribution in [2.75, 3.05) is 11.9 Å². The van der Waals surface area contributed by atoms with Crippen molar-refractivity contribution in [1.29, 1.82) is 0 Å². The van der Waals surface area contributed by atoms with E-state index in [1.807, 2.05) is 47.9 Å². The van der Waals surface area contributed by atoms with Gasteiger partial charge in [-0.05, 0) is 50.1 Å². The van der Waals surface area contributed by atoms with E-state index in [-0.39, 0.29) is 17.7 Å². The lowest BCUT2D eigenvalue weighted by Gasteiger charge is -2.11. The fourth-order valence-corrected chi connectivity index (χ4v) is 3.11. The van der Waals surface area contributed by atoms with E-state index in [9.17, 15) is 9.59 Å². The van der Waals surface area contributed by atoms with Crippen molar-refractivity contribution >= 4 is 17.6 Å². The number of aromatic nitrogens is 2. The third-order valence-electron chi connectivity index (χ3n) is 4.92. The number of benzene rings is 2. The lowest BCUT2D eigenvalue weighted by molar-refractivity contribution is -0.117. The predicted molar refractivity (Wildman–Crippen MR) is 114 cm³/mol. The van der Waals surface area contributed by atoms with E-state index in [0.717, 1.165) is 29.8 Å². The summed E-state index contributed by atoms with van der Waals surface area (Å²) in [7, 11) is 0. The average molecular weight is 404 g/mol. The number of nitrogens with zero attached hydrogens (tertiary/aromatic N) is 2. The fourth-order valence-electron chi connectivity index (χ4n) is 3.11. The maximum atomic E-state index is 12.5. The van der Waals surface area contributed by atoms with Gasteiger partial charge in [-0.3, -0.25) is 9.59 Å².